The van der Waals surface area contributed by atoms with E-state index in [-0.39, 0.29) is 13.2 Å². The lowest BCUT2D eigenvalue weighted by Crippen LogP contribution is -2.36. The Labute approximate surface area is 167 Å². The van der Waals surface area contributed by atoms with Crippen LogP contribution in [0.3, 0.4) is 0 Å². The van der Waals surface area contributed by atoms with Gasteiger partial charge in [0.05, 0.1) is 12.5 Å². The van der Waals surface area contributed by atoms with Gasteiger partial charge in [0, 0.05) is 11.8 Å². The van der Waals surface area contributed by atoms with Gasteiger partial charge in [0.25, 0.3) is 5.91 Å². The summed E-state index contributed by atoms with van der Waals surface area (Å²) < 4.78 is 15.7. The predicted molar refractivity (Wildman–Crippen MR) is 103 cm³/mol. The van der Waals surface area contributed by atoms with Crippen LogP contribution in [0, 0.1) is 0 Å². The van der Waals surface area contributed by atoms with Gasteiger partial charge >= 0.3 is 12.0 Å². The van der Waals surface area contributed by atoms with Crippen molar-refractivity contribution >= 4 is 23.6 Å². The maximum atomic E-state index is 12.3. The lowest BCUT2D eigenvalue weighted by Gasteiger charge is -2.19. The van der Waals surface area contributed by atoms with Crippen LogP contribution in [0.4, 0.5) is 10.5 Å². The van der Waals surface area contributed by atoms with Crippen LogP contribution in [-0.4, -0.2) is 30.8 Å². The van der Waals surface area contributed by atoms with Gasteiger partial charge in [-0.1, -0.05) is 30.3 Å². The molecule has 29 heavy (non-hydrogen) atoms. The molecule has 152 valence electrons. The number of anilines is 1. The zero-order valence-electron chi connectivity index (χ0n) is 15.7. The molecule has 9 heteroatoms. The van der Waals surface area contributed by atoms with Gasteiger partial charge in [-0.25, -0.2) is 4.79 Å². The van der Waals surface area contributed by atoms with Gasteiger partial charge in [0.15, 0.2) is 17.6 Å². The van der Waals surface area contributed by atoms with Crippen molar-refractivity contribution in [2.75, 3.05) is 12.1 Å². The summed E-state index contributed by atoms with van der Waals surface area (Å²) in [4.78, 5) is 35.9. The minimum absolute atomic E-state index is 0.128. The molecule has 1 heterocycles. The summed E-state index contributed by atoms with van der Waals surface area (Å²) in [7, 11) is 0. The number of nitrogens with two attached hydrogens (primary N) is 1. The first-order valence-corrected chi connectivity index (χ1v) is 8.93. The number of carbonyl (C=O) groups excluding carboxylic acids is 3. The van der Waals surface area contributed by atoms with Crippen LogP contribution in [0.25, 0.3) is 0 Å². The van der Waals surface area contributed by atoms with Crippen molar-refractivity contribution in [2.45, 2.75) is 25.5 Å². The fraction of sp³-hybridized carbons (Fsp3) is 0.250. The molecule has 3 amide bonds. The van der Waals surface area contributed by atoms with E-state index in [1.54, 1.807) is 42.5 Å². The molecule has 0 bridgehead atoms. The first kappa shape index (κ1) is 20.0. The Morgan fingerprint density at radius 1 is 1.10 bits per heavy atom. The van der Waals surface area contributed by atoms with Crippen molar-refractivity contribution in [3.8, 4) is 11.5 Å². The Balaban J connectivity index is 1.57. The van der Waals surface area contributed by atoms with Crippen LogP contribution in [-0.2, 0) is 14.3 Å². The van der Waals surface area contributed by atoms with Gasteiger partial charge in [0.2, 0.25) is 6.79 Å². The topological polar surface area (TPSA) is 129 Å². The van der Waals surface area contributed by atoms with Crippen LogP contribution >= 0.6 is 0 Å². The minimum atomic E-state index is -1.04. The number of nitrogens with one attached hydrogen (secondary N) is 2. The molecule has 1 aliphatic rings. The van der Waals surface area contributed by atoms with E-state index in [2.05, 4.69) is 10.6 Å². The average molecular weight is 399 g/mol. The largest absolute Gasteiger partial charge is 0.454 e. The highest BCUT2D eigenvalue weighted by atomic mass is 16.7. The highest BCUT2D eigenvalue weighted by Crippen LogP contribution is 2.34. The number of urea groups is 1. The van der Waals surface area contributed by atoms with Crippen molar-refractivity contribution in [3.05, 3.63) is 54.1 Å². The Hall–Kier alpha value is -3.75. The molecule has 1 aliphatic heterocycles. The first-order valence-electron chi connectivity index (χ1n) is 8.93. The van der Waals surface area contributed by atoms with Gasteiger partial charge in [-0.05, 0) is 24.6 Å². The van der Waals surface area contributed by atoms with Crippen molar-refractivity contribution in [1.29, 1.82) is 0 Å². The van der Waals surface area contributed by atoms with E-state index in [9.17, 15) is 14.4 Å². The van der Waals surface area contributed by atoms with E-state index in [1.165, 1.54) is 6.92 Å². The van der Waals surface area contributed by atoms with Crippen LogP contribution < -0.4 is 25.8 Å². The molecule has 4 N–H and O–H groups in total. The zero-order valence-corrected chi connectivity index (χ0v) is 15.7. The second-order valence-corrected chi connectivity index (χ2v) is 6.37. The van der Waals surface area contributed by atoms with E-state index in [1.807, 2.05) is 6.07 Å². The lowest BCUT2D eigenvalue weighted by atomic mass is 10.0. The number of benzene rings is 2. The molecule has 0 radical (unpaired) electrons. The average Bonchev–Trinajstić information content (AvgIpc) is 3.15. The first-order chi connectivity index (χ1) is 13.9. The molecule has 9 nitrogen and oxygen atoms in total. The van der Waals surface area contributed by atoms with Crippen LogP contribution in [0.2, 0.25) is 0 Å². The van der Waals surface area contributed by atoms with Gasteiger partial charge in [-0.15, -0.1) is 0 Å². The normalized spacial score (nSPS) is 13.8. The molecule has 2 aromatic carbocycles. The van der Waals surface area contributed by atoms with Gasteiger partial charge < -0.3 is 30.6 Å². The number of fused-ring (bicyclic) bond motifs is 1. The summed E-state index contributed by atoms with van der Waals surface area (Å²) in [6.07, 6.45) is -1.22. The summed E-state index contributed by atoms with van der Waals surface area (Å²) in [5.74, 6) is -0.0377. The van der Waals surface area contributed by atoms with E-state index in [4.69, 9.17) is 19.9 Å². The highest BCUT2D eigenvalue weighted by molar-refractivity contribution is 5.95. The summed E-state index contributed by atoms with van der Waals surface area (Å²) in [5, 5.41) is 5.16. The summed E-state index contributed by atoms with van der Waals surface area (Å²) >= 11 is 0. The minimum Gasteiger partial charge on any atom is -0.454 e. The fourth-order valence-electron chi connectivity index (χ4n) is 2.79. The molecule has 2 aromatic rings. The third-order valence-corrected chi connectivity index (χ3v) is 4.21. The predicted octanol–water partition coefficient (Wildman–Crippen LogP) is 2.09. The number of carbonyl (C=O) groups is 3. The van der Waals surface area contributed by atoms with E-state index in [0.29, 0.717) is 22.7 Å². The smallest absolute Gasteiger partial charge is 0.312 e. The second kappa shape index (κ2) is 8.96. The lowest BCUT2D eigenvalue weighted by molar-refractivity contribution is -0.153. The Kier molecular flexibility index (Phi) is 6.18. The molecule has 3 rings (SSSR count). The van der Waals surface area contributed by atoms with Gasteiger partial charge in [0.1, 0.15) is 0 Å². The molecule has 0 aromatic heterocycles. The summed E-state index contributed by atoms with van der Waals surface area (Å²) in [6, 6.07) is 12.4. The number of hydrogen-bond acceptors (Lipinski definition) is 6. The van der Waals surface area contributed by atoms with E-state index >= 15 is 0 Å². The summed E-state index contributed by atoms with van der Waals surface area (Å²) in [6.45, 7) is 1.59. The number of esters is 1. The maximum absolute atomic E-state index is 12.3. The third-order valence-electron chi connectivity index (χ3n) is 4.21. The van der Waals surface area contributed by atoms with Gasteiger partial charge in [-0.3, -0.25) is 9.59 Å². The molecule has 0 aliphatic carbocycles. The number of primary amides is 1. The second-order valence-electron chi connectivity index (χ2n) is 6.37. The molecule has 0 saturated carbocycles. The molecule has 2 atom stereocenters. The molecular formula is C20H21N3O6. The van der Waals surface area contributed by atoms with E-state index < -0.39 is 30.1 Å². The van der Waals surface area contributed by atoms with E-state index in [0.717, 1.165) is 0 Å². The number of ether oxygens (including phenoxy) is 3. The third kappa shape index (κ3) is 5.38. The van der Waals surface area contributed by atoms with Crippen LogP contribution in [0.1, 0.15) is 24.9 Å². The maximum Gasteiger partial charge on any atom is 0.312 e. The molecule has 0 fully saturated rings. The van der Waals surface area contributed by atoms with Crippen molar-refractivity contribution in [1.82, 2.24) is 5.32 Å². The Bertz CT molecular complexity index is 902. The molecule has 0 spiro atoms. The van der Waals surface area contributed by atoms with Crippen molar-refractivity contribution in [3.63, 3.8) is 0 Å². The molecule has 2 unspecified atom stereocenters. The SMILES string of the molecule is CC(OC(=O)CC(NC(N)=O)c1ccccc1)C(=O)Nc1ccc2c(c1)OCO2. The number of hydrogen-bond donors (Lipinski definition) is 3. The summed E-state index contributed by atoms with van der Waals surface area (Å²) in [5.41, 5.74) is 6.38. The Morgan fingerprint density at radius 2 is 1.83 bits per heavy atom. The van der Waals surface area contributed by atoms with Crippen LogP contribution in [0.5, 0.6) is 11.5 Å². The number of amides is 3. The molecular weight excluding hydrogens is 378 g/mol. The van der Waals surface area contributed by atoms with Crippen molar-refractivity contribution in [2.24, 2.45) is 5.73 Å². The monoisotopic (exact) mass is 399 g/mol. The van der Waals surface area contributed by atoms with Gasteiger partial charge in [-0.2, -0.15) is 0 Å². The zero-order chi connectivity index (χ0) is 20.8. The Morgan fingerprint density at radius 3 is 2.55 bits per heavy atom. The fourth-order valence-corrected chi connectivity index (χ4v) is 2.79. The number of rotatable bonds is 7. The standard InChI is InChI=1S/C20H21N3O6/c1-12(19(25)22-14-7-8-16-17(9-14)28-11-27-16)29-18(24)10-15(23-20(21)26)13-5-3-2-4-6-13/h2-9,12,15H,10-11H2,1H3,(H,22,25)(H3,21,23,26). The van der Waals surface area contributed by atoms with Crippen molar-refractivity contribution < 1.29 is 28.6 Å². The quantitative estimate of drug-likeness (QED) is 0.612. The van der Waals surface area contributed by atoms with Crippen LogP contribution in [0.15, 0.2) is 48.5 Å². The molecule has 0 saturated heterocycles. The highest BCUT2D eigenvalue weighted by Gasteiger charge is 2.23.